The van der Waals surface area contributed by atoms with Crippen LogP contribution >= 0.6 is 0 Å². The molecule has 10 atom stereocenters. The minimum atomic E-state index is -1.78. The summed E-state index contributed by atoms with van der Waals surface area (Å²) in [4.78, 5) is 84.8. The van der Waals surface area contributed by atoms with E-state index in [4.69, 9.17) is 65.6 Å². The van der Waals surface area contributed by atoms with E-state index in [2.05, 4.69) is 20.6 Å². The maximum atomic E-state index is 13.4. The second-order valence-electron chi connectivity index (χ2n) is 18.7. The molecule has 0 aromatic carbocycles. The standard InChI is InChI=1S/C50H87N9O21/c1-4-17-72-21-23-75-25-26-76-24-22-74-19-13-39(65)59(16-20-73-18-11-12-40(66)79-43(35(63)29-60)42-31(2)33(57-48(51)52)27-37(77-42)46(67)68)15-10-8-6-5-7-9-14-55-50(71)80-44(36(64)30-61)45-41(56-32(3)62)34(58-49(53)54)28-38(78-45)47(69)70/h27-28,31,33-36,41-45,60-61,63-64H,4-26,29-30H2,1-3H3,(H,55,71)(H,56,62)(H,67,68)(H,69,70)(H4,51,52,57)(H4,53,54,58)/t31-,33+,34+,35-,36-,41-,42-,43-,44?,45-/m1/s1. The van der Waals surface area contributed by atoms with Crippen molar-refractivity contribution in [2.75, 3.05) is 98.9 Å². The highest BCUT2D eigenvalue weighted by molar-refractivity contribution is 5.86. The van der Waals surface area contributed by atoms with Crippen LogP contribution in [0.3, 0.4) is 0 Å². The van der Waals surface area contributed by atoms with Crippen LogP contribution in [0, 0.1) is 5.92 Å². The van der Waals surface area contributed by atoms with Gasteiger partial charge in [-0.05, 0) is 37.8 Å². The van der Waals surface area contributed by atoms with Crippen molar-refractivity contribution in [2.45, 2.75) is 140 Å². The number of guanidine groups is 2. The highest BCUT2D eigenvalue weighted by Gasteiger charge is 2.47. The zero-order chi connectivity index (χ0) is 59.4. The third kappa shape index (κ3) is 27.8. The molecule has 2 heterocycles. The van der Waals surface area contributed by atoms with Gasteiger partial charge in [0.2, 0.25) is 23.3 Å². The number of carbonyl (C=O) groups is 6. The Balaban J connectivity index is 1.91. The summed E-state index contributed by atoms with van der Waals surface area (Å²) < 4.78 is 49.9. The first kappa shape index (κ1) is 70.0. The zero-order valence-corrected chi connectivity index (χ0v) is 46.1. The van der Waals surface area contributed by atoms with Gasteiger partial charge in [-0.15, -0.1) is 0 Å². The molecule has 3 amide bonds. The molecule has 0 aliphatic carbocycles. The molecule has 0 spiro atoms. The van der Waals surface area contributed by atoms with Crippen LogP contribution < -0.4 is 33.6 Å². The predicted octanol–water partition coefficient (Wildman–Crippen LogP) is -2.31. The van der Waals surface area contributed by atoms with Gasteiger partial charge in [0.15, 0.2) is 30.2 Å². The fraction of sp³-hybridized carbons (Fsp3) is 0.760. The van der Waals surface area contributed by atoms with Crippen molar-refractivity contribution >= 4 is 47.7 Å². The highest BCUT2D eigenvalue weighted by Crippen LogP contribution is 2.31. The number of carboxylic acid groups (broad SMARTS) is 2. The number of ether oxygens (including phenoxy) is 9. The van der Waals surface area contributed by atoms with Crippen LogP contribution in [0.5, 0.6) is 0 Å². The van der Waals surface area contributed by atoms with Crippen molar-refractivity contribution in [3.05, 3.63) is 23.7 Å². The number of aliphatic imine (C=N–C) groups is 2. The molecule has 0 aromatic heterocycles. The molecule has 2 aliphatic heterocycles. The molecule has 16 N–H and O–H groups in total. The first-order valence-corrected chi connectivity index (χ1v) is 26.8. The number of unbranched alkanes of at least 4 members (excludes halogenated alkanes) is 5. The normalized spacial score (nSPS) is 20.2. The van der Waals surface area contributed by atoms with Crippen LogP contribution in [0.2, 0.25) is 0 Å². The fourth-order valence-electron chi connectivity index (χ4n) is 8.23. The number of nitrogens with two attached hydrogens (primary N) is 4. The number of nitrogens with one attached hydrogen (secondary N) is 2. The van der Waals surface area contributed by atoms with E-state index in [1.54, 1.807) is 11.8 Å². The Labute approximate surface area is 465 Å². The lowest BCUT2D eigenvalue weighted by molar-refractivity contribution is -0.176. The maximum Gasteiger partial charge on any atom is 0.407 e. The molecule has 0 aromatic rings. The maximum absolute atomic E-state index is 13.4. The van der Waals surface area contributed by atoms with Crippen LogP contribution in [-0.2, 0) is 66.6 Å². The number of hydrogen-bond acceptors (Lipinski definition) is 21. The minimum Gasteiger partial charge on any atom is -0.479 e. The lowest BCUT2D eigenvalue weighted by Gasteiger charge is -2.39. The number of rotatable bonds is 43. The summed E-state index contributed by atoms with van der Waals surface area (Å²) >= 11 is 0. The van der Waals surface area contributed by atoms with Gasteiger partial charge in [0, 0.05) is 52.1 Å². The number of amides is 3. The van der Waals surface area contributed by atoms with Gasteiger partial charge in [0.1, 0.15) is 18.3 Å². The van der Waals surface area contributed by atoms with Gasteiger partial charge >= 0.3 is 24.0 Å². The van der Waals surface area contributed by atoms with Gasteiger partial charge in [0.05, 0.1) is 90.6 Å². The Morgan fingerprint density at radius 3 is 1.69 bits per heavy atom. The molecular weight excluding hydrogens is 1060 g/mol. The number of alkyl carbamates (subject to hydrolysis) is 1. The third-order valence-electron chi connectivity index (χ3n) is 12.2. The summed E-state index contributed by atoms with van der Waals surface area (Å²) in [5.41, 5.74) is 22.1. The molecule has 0 saturated heterocycles. The van der Waals surface area contributed by atoms with Gasteiger partial charge in [0.25, 0.3) is 0 Å². The summed E-state index contributed by atoms with van der Waals surface area (Å²) in [6.07, 6.45) is -2.93. The van der Waals surface area contributed by atoms with Crippen molar-refractivity contribution in [3.63, 3.8) is 0 Å². The summed E-state index contributed by atoms with van der Waals surface area (Å²) in [7, 11) is 0. The van der Waals surface area contributed by atoms with E-state index in [9.17, 15) is 59.4 Å². The Hall–Kier alpha value is -6.12. The Morgan fingerprint density at radius 2 is 1.14 bits per heavy atom. The first-order valence-electron chi connectivity index (χ1n) is 26.8. The molecule has 30 nitrogen and oxygen atoms in total. The Bertz CT molecular complexity index is 1990. The topological polar surface area (TPSA) is 463 Å². The van der Waals surface area contributed by atoms with Gasteiger partial charge < -0.3 is 112 Å². The van der Waals surface area contributed by atoms with Crippen LogP contribution in [0.15, 0.2) is 33.7 Å². The quantitative estimate of drug-likeness (QED) is 0.0132. The van der Waals surface area contributed by atoms with E-state index in [-0.39, 0.29) is 70.6 Å². The Morgan fingerprint density at radius 1 is 0.637 bits per heavy atom. The fourth-order valence-corrected chi connectivity index (χ4v) is 8.23. The number of carboxylic acids is 2. The number of aliphatic hydroxyl groups excluding tert-OH is 4. The van der Waals surface area contributed by atoms with Crippen LogP contribution in [0.1, 0.15) is 85.0 Å². The SMILES string of the molecule is CCCOCCOCCOCCOCCC(=O)N(CCCCCCCCNC(=O)OC([C@H](O)CO)[C@@H]1OC(C(=O)O)=C[C@H](N=C(N)N)[C@H]1NC(C)=O)CCOCCCC(=O)O[C@@H]([C@@H]1OC(C(=O)O)=C[C@H](N=C(N)N)[C@H]1C)[C@H](O)CO. The van der Waals surface area contributed by atoms with Crippen LogP contribution in [0.4, 0.5) is 4.79 Å². The average Bonchev–Trinajstić information content (AvgIpc) is 3.53. The molecule has 30 heteroatoms. The molecule has 2 rings (SSSR count). The van der Waals surface area contributed by atoms with Gasteiger partial charge in [-0.3, -0.25) is 14.4 Å². The average molecular weight is 1150 g/mol. The minimum absolute atomic E-state index is 0.0953. The van der Waals surface area contributed by atoms with Gasteiger partial charge in [-0.1, -0.05) is 39.5 Å². The summed E-state index contributed by atoms with van der Waals surface area (Å²) in [6, 6.07) is -3.34. The number of hydrogen-bond donors (Lipinski definition) is 12. The molecule has 458 valence electrons. The van der Waals surface area contributed by atoms with Crippen LogP contribution in [0.25, 0.3) is 0 Å². The Kier molecular flexibility index (Phi) is 35.1. The number of carbonyl (C=O) groups excluding carboxylic acids is 4. The van der Waals surface area contributed by atoms with Gasteiger partial charge in [-0.2, -0.15) is 0 Å². The van der Waals surface area contributed by atoms with Crippen molar-refractivity contribution < 1.29 is 102 Å². The monoisotopic (exact) mass is 1150 g/mol. The molecule has 0 bridgehead atoms. The van der Waals surface area contributed by atoms with Crippen LogP contribution in [-0.4, -0.2) is 237 Å². The molecule has 80 heavy (non-hydrogen) atoms. The number of aliphatic carboxylic acids is 2. The number of aliphatic hydroxyl groups is 4. The van der Waals surface area contributed by atoms with E-state index >= 15 is 0 Å². The second kappa shape index (κ2) is 40.1. The molecule has 0 radical (unpaired) electrons. The zero-order valence-electron chi connectivity index (χ0n) is 46.1. The number of esters is 1. The van der Waals surface area contributed by atoms with Gasteiger partial charge in [-0.25, -0.2) is 24.4 Å². The molecule has 2 aliphatic rings. The summed E-state index contributed by atoms with van der Waals surface area (Å²) in [6.45, 7) is 7.30. The van der Waals surface area contributed by atoms with E-state index in [1.807, 2.05) is 6.92 Å². The van der Waals surface area contributed by atoms with Crippen molar-refractivity contribution in [1.82, 2.24) is 15.5 Å². The van der Waals surface area contributed by atoms with Crippen molar-refractivity contribution in [2.24, 2.45) is 38.8 Å². The van der Waals surface area contributed by atoms with E-state index in [0.717, 1.165) is 38.7 Å². The van der Waals surface area contributed by atoms with Crippen molar-refractivity contribution in [3.8, 4) is 0 Å². The largest absolute Gasteiger partial charge is 0.479 e. The van der Waals surface area contributed by atoms with E-state index in [1.165, 1.54) is 6.08 Å². The lowest BCUT2D eigenvalue weighted by Crippen LogP contribution is -2.61. The summed E-state index contributed by atoms with van der Waals surface area (Å²) in [5.74, 6) is -7.16. The van der Waals surface area contributed by atoms with E-state index < -0.39 is 121 Å². The summed E-state index contributed by atoms with van der Waals surface area (Å²) in [5, 5.41) is 65.2. The molecule has 0 saturated carbocycles. The second-order valence-corrected chi connectivity index (χ2v) is 18.7. The van der Waals surface area contributed by atoms with E-state index in [0.29, 0.717) is 65.4 Å². The predicted molar refractivity (Wildman–Crippen MR) is 284 cm³/mol. The number of nitrogens with zero attached hydrogens (tertiary/aromatic N) is 3. The molecule has 0 fully saturated rings. The molecular formula is C50H87N9O21. The lowest BCUT2D eigenvalue weighted by atomic mass is 9.87. The first-order chi connectivity index (χ1) is 38.2. The van der Waals surface area contributed by atoms with Crippen molar-refractivity contribution in [1.29, 1.82) is 0 Å². The smallest absolute Gasteiger partial charge is 0.407 e. The highest BCUT2D eigenvalue weighted by atomic mass is 16.6. The third-order valence-corrected chi connectivity index (χ3v) is 12.2. The molecule has 1 unspecified atom stereocenters.